The van der Waals surface area contributed by atoms with Crippen molar-refractivity contribution in [3.05, 3.63) is 39.3 Å². The standard InChI is InChI=1S/C11H12ClN3S/c1-7-11(16-6-15-7)5-14-10-3-2-8(13)4-9(10)12/h2-4,6,14H,5,13H2,1H3. The van der Waals surface area contributed by atoms with Gasteiger partial charge in [0.2, 0.25) is 0 Å². The Balaban J connectivity index is 2.08. The Morgan fingerprint density at radius 1 is 1.50 bits per heavy atom. The first kappa shape index (κ1) is 11.2. The minimum atomic E-state index is 0.641. The van der Waals surface area contributed by atoms with Crippen molar-refractivity contribution in [1.82, 2.24) is 4.98 Å². The Bertz CT molecular complexity index is 496. The van der Waals surface area contributed by atoms with Gasteiger partial charge < -0.3 is 11.1 Å². The van der Waals surface area contributed by atoms with Crippen molar-refractivity contribution in [1.29, 1.82) is 0 Å². The number of benzene rings is 1. The van der Waals surface area contributed by atoms with Gasteiger partial charge in [0.25, 0.3) is 0 Å². The number of aromatic nitrogens is 1. The number of nitrogens with two attached hydrogens (primary N) is 1. The normalized spacial score (nSPS) is 10.4. The molecule has 0 aliphatic carbocycles. The highest BCUT2D eigenvalue weighted by molar-refractivity contribution is 7.09. The van der Waals surface area contributed by atoms with Gasteiger partial charge >= 0.3 is 0 Å². The summed E-state index contributed by atoms with van der Waals surface area (Å²) in [6, 6.07) is 5.45. The maximum Gasteiger partial charge on any atom is 0.0798 e. The number of nitrogen functional groups attached to an aromatic ring is 1. The predicted octanol–water partition coefficient (Wildman–Crippen LogP) is 3.30. The largest absolute Gasteiger partial charge is 0.399 e. The first-order valence-electron chi connectivity index (χ1n) is 4.84. The maximum atomic E-state index is 6.05. The zero-order valence-corrected chi connectivity index (χ0v) is 10.4. The van der Waals surface area contributed by atoms with Crippen molar-refractivity contribution in [3.63, 3.8) is 0 Å². The van der Waals surface area contributed by atoms with Gasteiger partial charge in [0.15, 0.2) is 0 Å². The molecule has 84 valence electrons. The molecular formula is C11H12ClN3S. The molecule has 0 fully saturated rings. The summed E-state index contributed by atoms with van der Waals surface area (Å²) in [6.45, 7) is 2.73. The van der Waals surface area contributed by atoms with Crippen molar-refractivity contribution < 1.29 is 0 Å². The van der Waals surface area contributed by atoms with E-state index in [9.17, 15) is 0 Å². The molecule has 0 radical (unpaired) electrons. The molecule has 0 aliphatic heterocycles. The molecule has 0 spiro atoms. The molecular weight excluding hydrogens is 242 g/mol. The number of rotatable bonds is 3. The molecule has 0 bridgehead atoms. The van der Waals surface area contributed by atoms with Crippen LogP contribution in [0.1, 0.15) is 10.6 Å². The molecule has 5 heteroatoms. The monoisotopic (exact) mass is 253 g/mol. The van der Waals surface area contributed by atoms with Crippen molar-refractivity contribution in [2.24, 2.45) is 0 Å². The van der Waals surface area contributed by atoms with Gasteiger partial charge in [-0.2, -0.15) is 0 Å². The third-order valence-corrected chi connectivity index (χ3v) is 3.53. The van der Waals surface area contributed by atoms with Crippen LogP contribution in [-0.4, -0.2) is 4.98 Å². The fourth-order valence-corrected chi connectivity index (χ4v) is 2.32. The highest BCUT2D eigenvalue weighted by Gasteiger charge is 2.03. The van der Waals surface area contributed by atoms with Gasteiger partial charge in [-0.05, 0) is 25.1 Å². The highest BCUT2D eigenvalue weighted by Crippen LogP contribution is 2.25. The molecule has 0 saturated carbocycles. The van der Waals surface area contributed by atoms with Gasteiger partial charge in [0, 0.05) is 10.6 Å². The van der Waals surface area contributed by atoms with Crippen molar-refractivity contribution >= 4 is 34.3 Å². The van der Waals surface area contributed by atoms with E-state index >= 15 is 0 Å². The van der Waals surface area contributed by atoms with E-state index < -0.39 is 0 Å². The number of halogens is 1. The number of aryl methyl sites for hydroxylation is 1. The third-order valence-electron chi connectivity index (χ3n) is 2.28. The van der Waals surface area contributed by atoms with E-state index in [1.807, 2.05) is 24.6 Å². The predicted molar refractivity (Wildman–Crippen MR) is 70.0 cm³/mol. The maximum absolute atomic E-state index is 6.05. The number of nitrogens with zero attached hydrogens (tertiary/aromatic N) is 1. The fourth-order valence-electron chi connectivity index (χ4n) is 1.35. The van der Waals surface area contributed by atoms with E-state index in [1.165, 1.54) is 4.88 Å². The average molecular weight is 254 g/mol. The summed E-state index contributed by atoms with van der Waals surface area (Å²) in [5, 5.41) is 3.91. The lowest BCUT2D eigenvalue weighted by Gasteiger charge is -2.08. The first-order chi connectivity index (χ1) is 7.66. The second-order valence-electron chi connectivity index (χ2n) is 3.45. The van der Waals surface area contributed by atoms with Crippen molar-refractivity contribution in [2.75, 3.05) is 11.1 Å². The zero-order valence-electron chi connectivity index (χ0n) is 8.83. The van der Waals surface area contributed by atoms with E-state index in [-0.39, 0.29) is 0 Å². The summed E-state index contributed by atoms with van der Waals surface area (Å²) in [5.41, 5.74) is 10.1. The number of hydrogen-bond acceptors (Lipinski definition) is 4. The zero-order chi connectivity index (χ0) is 11.5. The molecule has 0 amide bonds. The smallest absolute Gasteiger partial charge is 0.0798 e. The van der Waals surface area contributed by atoms with Crippen LogP contribution in [0.5, 0.6) is 0 Å². The Morgan fingerprint density at radius 3 is 2.94 bits per heavy atom. The van der Waals surface area contributed by atoms with E-state index in [0.717, 1.165) is 17.9 Å². The van der Waals surface area contributed by atoms with Crippen LogP contribution < -0.4 is 11.1 Å². The topological polar surface area (TPSA) is 50.9 Å². The molecule has 0 unspecified atom stereocenters. The molecule has 0 saturated heterocycles. The van der Waals surface area contributed by atoms with Gasteiger partial charge in [0.05, 0.1) is 28.5 Å². The quantitative estimate of drug-likeness (QED) is 0.826. The van der Waals surface area contributed by atoms with Crippen LogP contribution in [0.4, 0.5) is 11.4 Å². The fraction of sp³-hybridized carbons (Fsp3) is 0.182. The summed E-state index contributed by atoms with van der Waals surface area (Å²) in [7, 11) is 0. The van der Waals surface area contributed by atoms with Gasteiger partial charge in [-0.3, -0.25) is 0 Å². The molecule has 0 aliphatic rings. The lowest BCUT2D eigenvalue weighted by atomic mass is 10.3. The summed E-state index contributed by atoms with van der Waals surface area (Å²) >= 11 is 7.69. The lowest BCUT2D eigenvalue weighted by Crippen LogP contribution is -2.00. The van der Waals surface area contributed by atoms with Crippen LogP contribution in [0, 0.1) is 6.92 Å². The van der Waals surface area contributed by atoms with Crippen molar-refractivity contribution in [2.45, 2.75) is 13.5 Å². The molecule has 3 nitrogen and oxygen atoms in total. The number of hydrogen-bond donors (Lipinski definition) is 2. The van der Waals surface area contributed by atoms with E-state index in [2.05, 4.69) is 10.3 Å². The minimum Gasteiger partial charge on any atom is -0.399 e. The van der Waals surface area contributed by atoms with Gasteiger partial charge in [-0.25, -0.2) is 4.98 Å². The van der Waals surface area contributed by atoms with E-state index in [0.29, 0.717) is 10.7 Å². The molecule has 0 atom stereocenters. The second kappa shape index (κ2) is 4.72. The summed E-state index contributed by atoms with van der Waals surface area (Å²) in [4.78, 5) is 5.41. The van der Waals surface area contributed by atoms with Gasteiger partial charge in [0.1, 0.15) is 0 Å². The van der Waals surface area contributed by atoms with Crippen LogP contribution in [0.3, 0.4) is 0 Å². The van der Waals surface area contributed by atoms with Crippen LogP contribution in [0.15, 0.2) is 23.7 Å². The van der Waals surface area contributed by atoms with Crippen LogP contribution in [-0.2, 0) is 6.54 Å². The van der Waals surface area contributed by atoms with E-state index in [4.69, 9.17) is 17.3 Å². The van der Waals surface area contributed by atoms with Gasteiger partial charge in [-0.15, -0.1) is 11.3 Å². The second-order valence-corrected chi connectivity index (χ2v) is 4.80. The molecule has 1 aromatic carbocycles. The average Bonchev–Trinajstić information content (AvgIpc) is 2.63. The number of nitrogens with one attached hydrogen (secondary N) is 1. The van der Waals surface area contributed by atoms with Crippen LogP contribution in [0.2, 0.25) is 5.02 Å². The lowest BCUT2D eigenvalue weighted by molar-refractivity contribution is 1.12. The van der Waals surface area contributed by atoms with Crippen molar-refractivity contribution in [3.8, 4) is 0 Å². The van der Waals surface area contributed by atoms with Gasteiger partial charge in [-0.1, -0.05) is 11.6 Å². The Hall–Kier alpha value is -1.26. The van der Waals surface area contributed by atoms with E-state index in [1.54, 1.807) is 17.4 Å². The molecule has 2 aromatic rings. The van der Waals surface area contributed by atoms with Crippen LogP contribution in [0.25, 0.3) is 0 Å². The Kier molecular flexibility index (Phi) is 3.31. The van der Waals surface area contributed by atoms with Crippen LogP contribution >= 0.6 is 22.9 Å². The highest BCUT2D eigenvalue weighted by atomic mass is 35.5. The molecule has 3 N–H and O–H groups in total. The Morgan fingerprint density at radius 2 is 2.31 bits per heavy atom. The molecule has 2 rings (SSSR count). The minimum absolute atomic E-state index is 0.641. The Labute approximate surface area is 103 Å². The first-order valence-corrected chi connectivity index (χ1v) is 6.10. The summed E-state index contributed by atoms with van der Waals surface area (Å²) in [6.07, 6.45) is 0. The molecule has 1 aromatic heterocycles. The number of anilines is 2. The third kappa shape index (κ3) is 2.46. The molecule has 1 heterocycles. The summed E-state index contributed by atoms with van der Waals surface area (Å²) in [5.74, 6) is 0. The summed E-state index contributed by atoms with van der Waals surface area (Å²) < 4.78 is 0. The SMILES string of the molecule is Cc1ncsc1CNc1ccc(N)cc1Cl. The number of thiazole rings is 1. The molecule has 16 heavy (non-hydrogen) atoms.